The molecule has 2 heterocycles. The van der Waals surface area contributed by atoms with Crippen molar-refractivity contribution >= 4 is 5.78 Å². The van der Waals surface area contributed by atoms with E-state index in [4.69, 9.17) is 0 Å². The average molecular weight is 249 g/mol. The van der Waals surface area contributed by atoms with Crippen LogP contribution in [0.4, 0.5) is 0 Å². The Morgan fingerprint density at radius 3 is 2.79 bits per heavy atom. The summed E-state index contributed by atoms with van der Waals surface area (Å²) in [6.45, 7) is 1.89. The van der Waals surface area contributed by atoms with Gasteiger partial charge in [-0.25, -0.2) is 4.98 Å². The Bertz CT molecular complexity index is 754. The highest BCUT2D eigenvalue weighted by Gasteiger charge is 2.18. The molecule has 0 bridgehead atoms. The molecule has 5 heteroatoms. The van der Waals surface area contributed by atoms with Gasteiger partial charge in [0, 0.05) is 5.69 Å². The van der Waals surface area contributed by atoms with E-state index in [0.717, 1.165) is 17.0 Å². The topological polar surface area (TPSA) is 66.9 Å². The van der Waals surface area contributed by atoms with E-state index in [1.165, 1.54) is 6.33 Å². The minimum Gasteiger partial charge on any atom is -0.216 e. The number of rotatable bonds is 2. The van der Waals surface area contributed by atoms with Crippen LogP contribution in [-0.4, -0.2) is 19.6 Å². The summed E-state index contributed by atoms with van der Waals surface area (Å²) in [5.41, 5.74) is 2.55. The van der Waals surface area contributed by atoms with Crippen molar-refractivity contribution in [3.8, 4) is 6.07 Å². The third kappa shape index (κ3) is 1.93. The highest BCUT2D eigenvalue weighted by Crippen LogP contribution is 2.24. The van der Waals surface area contributed by atoms with Crippen molar-refractivity contribution in [2.75, 3.05) is 0 Å². The van der Waals surface area contributed by atoms with Crippen molar-refractivity contribution in [2.45, 2.75) is 12.8 Å². The lowest BCUT2D eigenvalue weighted by Crippen LogP contribution is -2.08. The monoisotopic (exact) mass is 249 g/mol. The fraction of sp³-hybridized carbons (Fsp3) is 0.143. The predicted molar refractivity (Wildman–Crippen MR) is 69.4 cm³/mol. The number of benzene rings is 1. The minimum atomic E-state index is -0.382. The van der Waals surface area contributed by atoms with E-state index in [1.54, 1.807) is 4.52 Å². The Hall–Kier alpha value is -2.74. The lowest BCUT2D eigenvalue weighted by atomic mass is 9.96. The van der Waals surface area contributed by atoms with Gasteiger partial charge in [0.05, 0.1) is 11.8 Å². The van der Waals surface area contributed by atoms with Crippen LogP contribution in [0.25, 0.3) is 5.78 Å². The quantitative estimate of drug-likeness (QED) is 0.697. The maximum absolute atomic E-state index is 9.49. The molecule has 19 heavy (non-hydrogen) atoms. The van der Waals surface area contributed by atoms with Gasteiger partial charge in [0.1, 0.15) is 12.2 Å². The zero-order valence-electron chi connectivity index (χ0n) is 10.4. The second kappa shape index (κ2) is 4.50. The molecule has 3 rings (SSSR count). The van der Waals surface area contributed by atoms with Crippen molar-refractivity contribution in [2.24, 2.45) is 0 Å². The van der Waals surface area contributed by atoms with Gasteiger partial charge in [0.15, 0.2) is 0 Å². The average Bonchev–Trinajstić information content (AvgIpc) is 2.89. The van der Waals surface area contributed by atoms with Crippen LogP contribution in [-0.2, 0) is 0 Å². The number of nitrogens with zero attached hydrogens (tertiary/aromatic N) is 5. The van der Waals surface area contributed by atoms with Crippen molar-refractivity contribution in [1.29, 1.82) is 5.26 Å². The summed E-state index contributed by atoms with van der Waals surface area (Å²) in [5, 5.41) is 13.6. The van der Waals surface area contributed by atoms with Crippen molar-refractivity contribution in [3.63, 3.8) is 0 Å². The van der Waals surface area contributed by atoms with E-state index in [9.17, 15) is 5.26 Å². The summed E-state index contributed by atoms with van der Waals surface area (Å²) < 4.78 is 1.62. The van der Waals surface area contributed by atoms with Crippen molar-refractivity contribution in [1.82, 2.24) is 19.6 Å². The number of aromatic nitrogens is 4. The highest BCUT2D eigenvalue weighted by atomic mass is 15.3. The summed E-state index contributed by atoms with van der Waals surface area (Å²) in [4.78, 5) is 8.37. The normalized spacial score (nSPS) is 12.2. The predicted octanol–water partition coefficient (Wildman–Crippen LogP) is 2.09. The molecule has 0 N–H and O–H groups in total. The van der Waals surface area contributed by atoms with Gasteiger partial charge in [-0.2, -0.15) is 19.9 Å². The van der Waals surface area contributed by atoms with Crippen LogP contribution in [0.2, 0.25) is 0 Å². The van der Waals surface area contributed by atoms with Crippen LogP contribution in [0.1, 0.15) is 22.9 Å². The molecule has 1 atom stereocenters. The summed E-state index contributed by atoms with van der Waals surface area (Å²) >= 11 is 0. The van der Waals surface area contributed by atoms with Crippen molar-refractivity contribution < 1.29 is 0 Å². The van der Waals surface area contributed by atoms with E-state index >= 15 is 0 Å². The van der Waals surface area contributed by atoms with E-state index in [2.05, 4.69) is 21.1 Å². The summed E-state index contributed by atoms with van der Waals surface area (Å²) in [7, 11) is 0. The van der Waals surface area contributed by atoms with Crippen LogP contribution in [0.5, 0.6) is 0 Å². The number of nitriles is 1. The molecule has 0 aliphatic heterocycles. The van der Waals surface area contributed by atoms with Gasteiger partial charge in [-0.05, 0) is 18.6 Å². The van der Waals surface area contributed by atoms with Crippen LogP contribution in [0, 0.1) is 18.3 Å². The number of aryl methyl sites for hydroxylation is 1. The van der Waals surface area contributed by atoms with Gasteiger partial charge in [0.25, 0.3) is 5.78 Å². The maximum atomic E-state index is 9.49. The molecule has 5 nitrogen and oxygen atoms in total. The molecule has 92 valence electrons. The van der Waals surface area contributed by atoms with E-state index < -0.39 is 0 Å². The fourth-order valence-corrected chi connectivity index (χ4v) is 2.12. The first-order valence-electron chi connectivity index (χ1n) is 5.91. The Morgan fingerprint density at radius 2 is 2.05 bits per heavy atom. The van der Waals surface area contributed by atoms with Crippen LogP contribution < -0.4 is 0 Å². The Morgan fingerprint density at radius 1 is 1.26 bits per heavy atom. The smallest absolute Gasteiger partial charge is 0.216 e. The Labute approximate surface area is 110 Å². The number of fused-ring (bicyclic) bond motifs is 1. The van der Waals surface area contributed by atoms with Crippen LogP contribution in [0.3, 0.4) is 0 Å². The number of hydrogen-bond donors (Lipinski definition) is 0. The summed E-state index contributed by atoms with van der Waals surface area (Å²) in [5.74, 6) is 0.137. The lowest BCUT2D eigenvalue weighted by Gasteiger charge is -2.11. The molecule has 0 fully saturated rings. The van der Waals surface area contributed by atoms with Crippen LogP contribution in [0.15, 0.2) is 42.7 Å². The molecule has 0 aliphatic carbocycles. The molecule has 0 amide bonds. The lowest BCUT2D eigenvalue weighted by molar-refractivity contribution is 0.818. The minimum absolute atomic E-state index is 0.382. The Kier molecular flexibility index (Phi) is 2.69. The van der Waals surface area contributed by atoms with Gasteiger partial charge >= 0.3 is 0 Å². The molecule has 0 spiro atoms. The second-order valence-corrected chi connectivity index (χ2v) is 4.27. The molecule has 0 radical (unpaired) electrons. The van der Waals surface area contributed by atoms with Crippen molar-refractivity contribution in [3.05, 3.63) is 59.7 Å². The first-order chi connectivity index (χ1) is 9.29. The Balaban J connectivity index is 2.22. The second-order valence-electron chi connectivity index (χ2n) is 4.27. The highest BCUT2D eigenvalue weighted by molar-refractivity contribution is 5.39. The molecule has 3 aromatic rings. The zero-order chi connectivity index (χ0) is 13.2. The first kappa shape index (κ1) is 11.4. The van der Waals surface area contributed by atoms with E-state index in [0.29, 0.717) is 5.78 Å². The molecule has 0 unspecified atom stereocenters. The maximum Gasteiger partial charge on any atom is 0.252 e. The molecule has 0 saturated carbocycles. The SMILES string of the molecule is Cc1cc([C@@H](C#N)c2ccccc2)n2ncnc2n1. The summed E-state index contributed by atoms with van der Waals surface area (Å²) in [6, 6.07) is 13.9. The molecule has 0 aliphatic rings. The summed E-state index contributed by atoms with van der Waals surface area (Å²) in [6.07, 6.45) is 1.45. The molecule has 1 aromatic carbocycles. The number of hydrogen-bond acceptors (Lipinski definition) is 4. The third-order valence-electron chi connectivity index (χ3n) is 2.97. The van der Waals surface area contributed by atoms with Gasteiger partial charge in [-0.15, -0.1) is 0 Å². The fourth-order valence-electron chi connectivity index (χ4n) is 2.12. The molecular formula is C14H11N5. The standard InChI is InChI=1S/C14H11N5/c1-10-7-13(19-14(18-10)16-9-17-19)12(8-15)11-5-3-2-4-6-11/h2-7,9,12H,1H3/t12-/m0/s1. The van der Waals surface area contributed by atoms with Gasteiger partial charge in [-0.1, -0.05) is 30.3 Å². The van der Waals surface area contributed by atoms with Gasteiger partial charge < -0.3 is 0 Å². The zero-order valence-corrected chi connectivity index (χ0v) is 10.4. The molecular weight excluding hydrogens is 238 g/mol. The third-order valence-corrected chi connectivity index (χ3v) is 2.97. The van der Waals surface area contributed by atoms with Gasteiger partial charge in [0.2, 0.25) is 0 Å². The van der Waals surface area contributed by atoms with E-state index in [1.807, 2.05) is 43.3 Å². The van der Waals surface area contributed by atoms with E-state index in [-0.39, 0.29) is 5.92 Å². The molecule has 0 saturated heterocycles. The molecule has 2 aromatic heterocycles. The van der Waals surface area contributed by atoms with Crippen LogP contribution >= 0.6 is 0 Å². The largest absolute Gasteiger partial charge is 0.252 e. The first-order valence-corrected chi connectivity index (χ1v) is 5.91. The van der Waals surface area contributed by atoms with Gasteiger partial charge in [-0.3, -0.25) is 0 Å².